The Bertz CT molecular complexity index is 631. The van der Waals surface area contributed by atoms with E-state index in [2.05, 4.69) is 6.07 Å². The van der Waals surface area contributed by atoms with E-state index in [0.717, 1.165) is 18.6 Å². The molecular weight excluding hydrogens is 277 g/mol. The van der Waals surface area contributed by atoms with Crippen LogP contribution in [0.5, 0.6) is 0 Å². The summed E-state index contributed by atoms with van der Waals surface area (Å²) in [7, 11) is 0. The van der Waals surface area contributed by atoms with Gasteiger partial charge in [0.15, 0.2) is 0 Å². The lowest BCUT2D eigenvalue weighted by Crippen LogP contribution is -2.19. The SMILES string of the molecule is OC(CC1Cc2ccccc21)c1ccc(C(F)(F)F)cc1. The van der Waals surface area contributed by atoms with E-state index in [1.54, 1.807) is 0 Å². The Labute approximate surface area is 121 Å². The van der Waals surface area contributed by atoms with E-state index in [4.69, 9.17) is 0 Å². The molecular formula is C17H15F3O. The van der Waals surface area contributed by atoms with E-state index in [9.17, 15) is 18.3 Å². The summed E-state index contributed by atoms with van der Waals surface area (Å²) in [6, 6.07) is 12.8. The van der Waals surface area contributed by atoms with Crippen LogP contribution in [0.1, 0.15) is 40.7 Å². The monoisotopic (exact) mass is 292 g/mol. The molecule has 1 nitrogen and oxygen atoms in total. The van der Waals surface area contributed by atoms with Crippen LogP contribution in [0.3, 0.4) is 0 Å². The van der Waals surface area contributed by atoms with Crippen molar-refractivity contribution in [3.8, 4) is 0 Å². The zero-order valence-electron chi connectivity index (χ0n) is 11.3. The topological polar surface area (TPSA) is 20.2 Å². The molecule has 21 heavy (non-hydrogen) atoms. The number of rotatable bonds is 3. The zero-order valence-corrected chi connectivity index (χ0v) is 11.3. The van der Waals surface area contributed by atoms with E-state index in [0.29, 0.717) is 17.9 Å². The first-order valence-corrected chi connectivity index (χ1v) is 6.88. The summed E-state index contributed by atoms with van der Waals surface area (Å²) in [6.07, 6.45) is -3.60. The molecule has 0 heterocycles. The Morgan fingerprint density at radius 2 is 1.71 bits per heavy atom. The molecule has 1 aliphatic carbocycles. The van der Waals surface area contributed by atoms with Gasteiger partial charge < -0.3 is 5.11 Å². The summed E-state index contributed by atoms with van der Waals surface area (Å²) in [4.78, 5) is 0. The van der Waals surface area contributed by atoms with Crippen molar-refractivity contribution in [2.45, 2.75) is 31.0 Å². The quantitative estimate of drug-likeness (QED) is 0.885. The molecule has 4 heteroatoms. The summed E-state index contributed by atoms with van der Waals surface area (Å²) < 4.78 is 37.5. The molecule has 0 fully saturated rings. The number of halogens is 3. The largest absolute Gasteiger partial charge is 0.416 e. The summed E-state index contributed by atoms with van der Waals surface area (Å²) >= 11 is 0. The second kappa shape index (κ2) is 5.19. The molecule has 0 amide bonds. The minimum Gasteiger partial charge on any atom is -0.388 e. The third kappa shape index (κ3) is 2.81. The molecule has 0 aromatic heterocycles. The van der Waals surface area contributed by atoms with Gasteiger partial charge in [-0.1, -0.05) is 36.4 Å². The van der Waals surface area contributed by atoms with Crippen molar-refractivity contribution in [2.24, 2.45) is 0 Å². The number of benzene rings is 2. The Balaban J connectivity index is 1.68. The number of hydrogen-bond donors (Lipinski definition) is 1. The highest BCUT2D eigenvalue weighted by molar-refractivity contribution is 5.40. The average Bonchev–Trinajstić information content (AvgIpc) is 2.44. The molecule has 2 aromatic rings. The smallest absolute Gasteiger partial charge is 0.388 e. The molecule has 0 aliphatic heterocycles. The molecule has 3 rings (SSSR count). The van der Waals surface area contributed by atoms with Crippen LogP contribution in [0.4, 0.5) is 13.2 Å². The number of aliphatic hydroxyl groups excluding tert-OH is 1. The lowest BCUT2D eigenvalue weighted by molar-refractivity contribution is -0.137. The molecule has 2 atom stereocenters. The predicted octanol–water partition coefficient (Wildman–Crippen LogP) is 4.47. The van der Waals surface area contributed by atoms with E-state index in [-0.39, 0.29) is 0 Å². The fourth-order valence-corrected chi connectivity index (χ4v) is 2.87. The van der Waals surface area contributed by atoms with E-state index < -0.39 is 17.8 Å². The highest BCUT2D eigenvalue weighted by Gasteiger charge is 2.31. The Kier molecular flexibility index (Phi) is 3.49. The van der Waals surface area contributed by atoms with Gasteiger partial charge in [-0.2, -0.15) is 13.2 Å². The van der Waals surface area contributed by atoms with Gasteiger partial charge in [-0.3, -0.25) is 0 Å². The van der Waals surface area contributed by atoms with Gasteiger partial charge in [-0.25, -0.2) is 0 Å². The molecule has 1 N–H and O–H groups in total. The van der Waals surface area contributed by atoms with Crippen molar-refractivity contribution in [3.63, 3.8) is 0 Å². The zero-order chi connectivity index (χ0) is 15.0. The van der Waals surface area contributed by atoms with Crippen molar-refractivity contribution in [2.75, 3.05) is 0 Å². The summed E-state index contributed by atoms with van der Waals surface area (Å²) in [5.74, 6) is 0.290. The van der Waals surface area contributed by atoms with Gasteiger partial charge in [0.25, 0.3) is 0 Å². The van der Waals surface area contributed by atoms with Crippen LogP contribution in [-0.2, 0) is 12.6 Å². The third-order valence-corrected chi connectivity index (χ3v) is 4.09. The molecule has 0 saturated carbocycles. The summed E-state index contributed by atoms with van der Waals surface area (Å²) in [6.45, 7) is 0. The predicted molar refractivity (Wildman–Crippen MR) is 73.9 cm³/mol. The van der Waals surface area contributed by atoms with Gasteiger partial charge in [0.1, 0.15) is 0 Å². The molecule has 2 unspecified atom stereocenters. The van der Waals surface area contributed by atoms with Crippen LogP contribution < -0.4 is 0 Å². The van der Waals surface area contributed by atoms with Crippen molar-refractivity contribution in [1.82, 2.24) is 0 Å². The molecule has 110 valence electrons. The van der Waals surface area contributed by atoms with Crippen LogP contribution in [0, 0.1) is 0 Å². The van der Waals surface area contributed by atoms with Gasteiger partial charge >= 0.3 is 6.18 Å². The van der Waals surface area contributed by atoms with Crippen molar-refractivity contribution in [3.05, 3.63) is 70.8 Å². The van der Waals surface area contributed by atoms with Gasteiger partial charge in [-0.05, 0) is 47.6 Å². The molecule has 0 saturated heterocycles. The maximum atomic E-state index is 12.5. The Morgan fingerprint density at radius 3 is 2.33 bits per heavy atom. The molecule has 1 aliphatic rings. The number of alkyl halides is 3. The lowest BCUT2D eigenvalue weighted by Gasteiger charge is -2.31. The second-order valence-corrected chi connectivity index (χ2v) is 5.47. The first kappa shape index (κ1) is 14.1. The van der Waals surface area contributed by atoms with Gasteiger partial charge in [0.05, 0.1) is 11.7 Å². The molecule has 0 bridgehead atoms. The minimum absolute atomic E-state index is 0.290. The van der Waals surface area contributed by atoms with Crippen LogP contribution in [0.15, 0.2) is 48.5 Å². The summed E-state index contributed by atoms with van der Waals surface area (Å²) in [5.41, 5.74) is 2.38. The van der Waals surface area contributed by atoms with E-state index >= 15 is 0 Å². The first-order valence-electron chi connectivity index (χ1n) is 6.88. The minimum atomic E-state index is -4.34. The highest BCUT2D eigenvalue weighted by Crippen LogP contribution is 2.41. The van der Waals surface area contributed by atoms with Crippen molar-refractivity contribution in [1.29, 1.82) is 0 Å². The molecule has 0 spiro atoms. The third-order valence-electron chi connectivity index (χ3n) is 4.09. The average molecular weight is 292 g/mol. The lowest BCUT2D eigenvalue weighted by atomic mass is 9.74. The van der Waals surface area contributed by atoms with Crippen molar-refractivity contribution >= 4 is 0 Å². The molecule has 0 radical (unpaired) electrons. The van der Waals surface area contributed by atoms with Crippen molar-refractivity contribution < 1.29 is 18.3 Å². The fraction of sp³-hybridized carbons (Fsp3) is 0.294. The standard InChI is InChI=1S/C17H15F3O/c18-17(19,20)14-7-5-11(6-8-14)16(21)10-13-9-12-3-1-2-4-15(12)13/h1-8,13,16,21H,9-10H2. The Hall–Kier alpha value is -1.81. The highest BCUT2D eigenvalue weighted by atomic mass is 19.4. The van der Waals surface area contributed by atoms with Gasteiger partial charge in [-0.15, -0.1) is 0 Å². The fourth-order valence-electron chi connectivity index (χ4n) is 2.87. The second-order valence-electron chi connectivity index (χ2n) is 5.47. The number of aliphatic hydroxyl groups is 1. The maximum Gasteiger partial charge on any atom is 0.416 e. The normalized spacial score (nSPS) is 18.8. The molecule has 2 aromatic carbocycles. The first-order chi connectivity index (χ1) is 9.95. The number of hydrogen-bond acceptors (Lipinski definition) is 1. The van der Waals surface area contributed by atoms with Crippen LogP contribution in [-0.4, -0.2) is 5.11 Å². The summed E-state index contributed by atoms with van der Waals surface area (Å²) in [5, 5.41) is 10.2. The Morgan fingerprint density at radius 1 is 1.05 bits per heavy atom. The van der Waals surface area contributed by atoms with Crippen LogP contribution in [0.25, 0.3) is 0 Å². The van der Waals surface area contributed by atoms with E-state index in [1.165, 1.54) is 23.3 Å². The maximum absolute atomic E-state index is 12.5. The van der Waals surface area contributed by atoms with Gasteiger partial charge in [0, 0.05) is 0 Å². The number of fused-ring (bicyclic) bond motifs is 1. The van der Waals surface area contributed by atoms with E-state index in [1.807, 2.05) is 18.2 Å². The van der Waals surface area contributed by atoms with Crippen LogP contribution >= 0.6 is 0 Å². The van der Waals surface area contributed by atoms with Gasteiger partial charge in [0.2, 0.25) is 0 Å². The van der Waals surface area contributed by atoms with Crippen LogP contribution in [0.2, 0.25) is 0 Å².